The van der Waals surface area contributed by atoms with E-state index in [-0.39, 0.29) is 11.3 Å². The zero-order valence-corrected chi connectivity index (χ0v) is 15.4. The lowest BCUT2D eigenvalue weighted by atomic mass is 10.1. The van der Waals surface area contributed by atoms with Crippen molar-refractivity contribution in [2.24, 2.45) is 0 Å². The minimum atomic E-state index is -0.493. The maximum absolute atomic E-state index is 12.7. The number of nitro groups is 1. The molecule has 6 heteroatoms. The summed E-state index contributed by atoms with van der Waals surface area (Å²) in [6.45, 7) is 2.03. The highest BCUT2D eigenvalue weighted by Crippen LogP contribution is 2.26. The van der Waals surface area contributed by atoms with Crippen molar-refractivity contribution in [3.05, 3.63) is 99.6 Å². The minimum absolute atomic E-state index is 0.0833. The number of benzene rings is 3. The Bertz CT molecular complexity index is 987. The van der Waals surface area contributed by atoms with Crippen LogP contribution in [0.1, 0.15) is 21.5 Å². The molecule has 3 aromatic carbocycles. The zero-order valence-electron chi connectivity index (χ0n) is 15.4. The van der Waals surface area contributed by atoms with E-state index >= 15 is 0 Å². The molecule has 0 heterocycles. The van der Waals surface area contributed by atoms with E-state index in [2.05, 4.69) is 5.32 Å². The van der Waals surface area contributed by atoms with Crippen LogP contribution < -0.4 is 10.1 Å². The molecule has 0 spiro atoms. The molecule has 0 saturated carbocycles. The number of nitrogens with one attached hydrogen (secondary N) is 1. The molecule has 0 aromatic heterocycles. The van der Waals surface area contributed by atoms with Gasteiger partial charge in [0.2, 0.25) is 0 Å². The molecule has 0 bridgehead atoms. The molecule has 142 valence electrons. The maximum Gasteiger partial charge on any atom is 0.273 e. The molecule has 0 saturated heterocycles. The van der Waals surface area contributed by atoms with Gasteiger partial charge in [-0.05, 0) is 30.7 Å². The molecule has 6 nitrogen and oxygen atoms in total. The summed E-state index contributed by atoms with van der Waals surface area (Å²) in [7, 11) is 0. The first-order chi connectivity index (χ1) is 13.6. The predicted octanol–water partition coefficient (Wildman–Crippen LogP) is 4.78. The summed E-state index contributed by atoms with van der Waals surface area (Å²) in [6.07, 6.45) is 0.743. The van der Waals surface area contributed by atoms with Crippen molar-refractivity contribution >= 4 is 17.3 Å². The second kappa shape index (κ2) is 8.81. The summed E-state index contributed by atoms with van der Waals surface area (Å²) < 4.78 is 5.85. The molecule has 3 rings (SSSR count). The van der Waals surface area contributed by atoms with E-state index < -0.39 is 10.8 Å². The van der Waals surface area contributed by atoms with Crippen LogP contribution >= 0.6 is 0 Å². The van der Waals surface area contributed by atoms with Crippen molar-refractivity contribution < 1.29 is 14.5 Å². The third kappa shape index (κ3) is 4.54. The number of carbonyl (C=O) groups is 1. The number of hydrogen-bond donors (Lipinski definition) is 1. The highest BCUT2D eigenvalue weighted by molar-refractivity contribution is 6.06. The average Bonchev–Trinajstić information content (AvgIpc) is 2.70. The second-order valence-corrected chi connectivity index (χ2v) is 6.24. The lowest BCUT2D eigenvalue weighted by molar-refractivity contribution is -0.385. The van der Waals surface area contributed by atoms with Gasteiger partial charge in [0.25, 0.3) is 11.6 Å². The van der Waals surface area contributed by atoms with E-state index in [1.807, 2.05) is 36.4 Å². The minimum Gasteiger partial charge on any atom is -0.491 e. The number of para-hydroxylation sites is 2. The average molecular weight is 376 g/mol. The molecule has 0 aliphatic rings. The molecule has 1 amide bonds. The van der Waals surface area contributed by atoms with Crippen molar-refractivity contribution in [3.8, 4) is 5.75 Å². The van der Waals surface area contributed by atoms with Gasteiger partial charge in [0.05, 0.1) is 17.2 Å². The first kappa shape index (κ1) is 19.1. The van der Waals surface area contributed by atoms with Crippen LogP contribution in [0.4, 0.5) is 11.4 Å². The van der Waals surface area contributed by atoms with Gasteiger partial charge in [0.15, 0.2) is 0 Å². The van der Waals surface area contributed by atoms with Crippen LogP contribution in [0.25, 0.3) is 0 Å². The van der Waals surface area contributed by atoms with Crippen LogP contribution in [-0.4, -0.2) is 17.4 Å². The van der Waals surface area contributed by atoms with E-state index in [9.17, 15) is 14.9 Å². The molecule has 0 radical (unpaired) electrons. The number of nitrogens with zero attached hydrogens (tertiary/aromatic N) is 1. The Labute approximate surface area is 162 Å². The van der Waals surface area contributed by atoms with Crippen molar-refractivity contribution in [2.45, 2.75) is 13.3 Å². The van der Waals surface area contributed by atoms with Gasteiger partial charge in [-0.15, -0.1) is 0 Å². The van der Waals surface area contributed by atoms with E-state index in [1.54, 1.807) is 31.2 Å². The molecule has 0 aliphatic heterocycles. The van der Waals surface area contributed by atoms with Crippen LogP contribution in [0.15, 0.2) is 72.8 Å². The zero-order chi connectivity index (χ0) is 19.9. The van der Waals surface area contributed by atoms with E-state index in [4.69, 9.17) is 4.74 Å². The summed E-state index contributed by atoms with van der Waals surface area (Å²) in [6, 6.07) is 21.6. The second-order valence-electron chi connectivity index (χ2n) is 6.24. The molecule has 28 heavy (non-hydrogen) atoms. The van der Waals surface area contributed by atoms with Crippen molar-refractivity contribution in [1.29, 1.82) is 0 Å². The van der Waals surface area contributed by atoms with Gasteiger partial charge in [-0.2, -0.15) is 0 Å². The number of ether oxygens (including phenoxy) is 1. The monoisotopic (exact) mass is 376 g/mol. The van der Waals surface area contributed by atoms with Gasteiger partial charge in [-0.3, -0.25) is 14.9 Å². The number of nitro benzene ring substituents is 1. The Kier molecular flexibility index (Phi) is 6.01. The summed E-state index contributed by atoms with van der Waals surface area (Å²) in [5.41, 5.74) is 2.18. The first-order valence-corrected chi connectivity index (χ1v) is 8.87. The lowest BCUT2D eigenvalue weighted by Crippen LogP contribution is -2.15. The summed E-state index contributed by atoms with van der Waals surface area (Å²) in [5, 5.41) is 13.9. The quantitative estimate of drug-likeness (QED) is 0.475. The Morgan fingerprint density at radius 2 is 1.71 bits per heavy atom. The molecular formula is C22H20N2O4. The Morgan fingerprint density at radius 1 is 1.00 bits per heavy atom. The number of amides is 1. The van der Waals surface area contributed by atoms with Gasteiger partial charge in [0.1, 0.15) is 5.75 Å². The number of anilines is 1. The van der Waals surface area contributed by atoms with Gasteiger partial charge in [0, 0.05) is 23.6 Å². The highest BCUT2D eigenvalue weighted by Gasteiger charge is 2.18. The molecule has 0 atom stereocenters. The van der Waals surface area contributed by atoms with Gasteiger partial charge >= 0.3 is 0 Å². The van der Waals surface area contributed by atoms with Crippen molar-refractivity contribution in [3.63, 3.8) is 0 Å². The van der Waals surface area contributed by atoms with E-state index in [0.717, 1.165) is 12.0 Å². The number of hydrogen-bond acceptors (Lipinski definition) is 4. The Balaban J connectivity index is 1.72. The van der Waals surface area contributed by atoms with E-state index in [0.29, 0.717) is 23.6 Å². The third-order valence-corrected chi connectivity index (χ3v) is 4.37. The van der Waals surface area contributed by atoms with Crippen LogP contribution in [0, 0.1) is 17.0 Å². The largest absolute Gasteiger partial charge is 0.491 e. The van der Waals surface area contributed by atoms with E-state index in [1.165, 1.54) is 12.1 Å². The normalized spacial score (nSPS) is 10.3. The SMILES string of the molecule is Cc1c(C(=O)Nc2ccccc2OCCc2ccccc2)cccc1[N+](=O)[O-]. The fourth-order valence-corrected chi connectivity index (χ4v) is 2.88. The van der Waals surface area contributed by atoms with Gasteiger partial charge < -0.3 is 10.1 Å². The molecule has 0 fully saturated rings. The van der Waals surface area contributed by atoms with Crippen LogP contribution in [0.2, 0.25) is 0 Å². The molecule has 0 unspecified atom stereocenters. The van der Waals surface area contributed by atoms with Crippen LogP contribution in [0.5, 0.6) is 5.75 Å². The molecule has 0 aliphatic carbocycles. The Hall–Kier alpha value is -3.67. The lowest BCUT2D eigenvalue weighted by Gasteiger charge is -2.13. The third-order valence-electron chi connectivity index (χ3n) is 4.37. The standard InChI is InChI=1S/C22H20N2O4/c1-16-18(10-7-12-20(16)24(26)27)22(25)23-19-11-5-6-13-21(19)28-15-14-17-8-3-2-4-9-17/h2-13H,14-15H2,1H3,(H,23,25). The summed E-state index contributed by atoms with van der Waals surface area (Å²) in [4.78, 5) is 23.3. The smallest absolute Gasteiger partial charge is 0.273 e. The summed E-state index contributed by atoms with van der Waals surface area (Å²) in [5.74, 6) is 0.134. The van der Waals surface area contributed by atoms with Gasteiger partial charge in [-0.1, -0.05) is 48.5 Å². The van der Waals surface area contributed by atoms with Crippen LogP contribution in [0.3, 0.4) is 0 Å². The number of rotatable bonds is 7. The molecular weight excluding hydrogens is 356 g/mol. The fourth-order valence-electron chi connectivity index (χ4n) is 2.88. The van der Waals surface area contributed by atoms with Crippen molar-refractivity contribution in [2.75, 3.05) is 11.9 Å². The fraction of sp³-hybridized carbons (Fsp3) is 0.136. The highest BCUT2D eigenvalue weighted by atomic mass is 16.6. The van der Waals surface area contributed by atoms with Gasteiger partial charge in [-0.25, -0.2) is 0 Å². The maximum atomic E-state index is 12.7. The number of carbonyl (C=O) groups excluding carboxylic acids is 1. The molecule has 3 aromatic rings. The molecule has 1 N–H and O–H groups in total. The summed E-state index contributed by atoms with van der Waals surface area (Å²) >= 11 is 0. The van der Waals surface area contributed by atoms with Crippen molar-refractivity contribution in [1.82, 2.24) is 0 Å². The van der Waals surface area contributed by atoms with Crippen LogP contribution in [-0.2, 0) is 6.42 Å². The Morgan fingerprint density at radius 3 is 2.46 bits per heavy atom. The first-order valence-electron chi connectivity index (χ1n) is 8.87. The topological polar surface area (TPSA) is 81.5 Å². The predicted molar refractivity (Wildman–Crippen MR) is 108 cm³/mol.